The minimum absolute atomic E-state index is 0.104. The topological polar surface area (TPSA) is 78.1 Å². The molecule has 0 amide bonds. The van der Waals surface area contributed by atoms with Crippen LogP contribution in [0.1, 0.15) is 42.5 Å². The first-order valence-corrected chi connectivity index (χ1v) is 8.95. The summed E-state index contributed by atoms with van der Waals surface area (Å²) in [4.78, 5) is 0. The molecule has 0 saturated heterocycles. The second-order valence-corrected chi connectivity index (χ2v) is 7.89. The first-order chi connectivity index (χ1) is 12.3. The molecule has 2 atom stereocenters. The minimum atomic E-state index is -0.130. The van der Waals surface area contributed by atoms with Gasteiger partial charge < -0.3 is 17.2 Å². The van der Waals surface area contributed by atoms with E-state index in [4.69, 9.17) is 17.2 Å². The number of fused-ring (bicyclic) bond motifs is 1. The highest BCUT2D eigenvalue weighted by molar-refractivity contribution is 5.61. The summed E-state index contributed by atoms with van der Waals surface area (Å²) >= 11 is 0. The maximum absolute atomic E-state index is 6.16. The number of hydrogen-bond acceptors (Lipinski definition) is 3. The van der Waals surface area contributed by atoms with Gasteiger partial charge in [-0.05, 0) is 65.1 Å². The highest BCUT2D eigenvalue weighted by Gasteiger charge is 2.48. The molecule has 26 heavy (non-hydrogen) atoms. The Balaban J connectivity index is 1.93. The molecule has 3 aromatic rings. The molecule has 132 valence electrons. The lowest BCUT2D eigenvalue weighted by Crippen LogP contribution is -2.26. The zero-order valence-corrected chi connectivity index (χ0v) is 15.3. The van der Waals surface area contributed by atoms with Gasteiger partial charge in [-0.3, -0.25) is 0 Å². The molecule has 6 N–H and O–H groups in total. The Labute approximate surface area is 154 Å². The van der Waals surface area contributed by atoms with E-state index in [1.54, 1.807) is 0 Å². The fourth-order valence-corrected chi connectivity index (χ4v) is 4.61. The molecule has 3 heteroatoms. The summed E-state index contributed by atoms with van der Waals surface area (Å²) in [7, 11) is 0. The molecule has 0 saturated carbocycles. The molecule has 0 aromatic heterocycles. The van der Waals surface area contributed by atoms with Gasteiger partial charge >= 0.3 is 0 Å². The quantitative estimate of drug-likeness (QED) is 0.602. The van der Waals surface area contributed by atoms with E-state index in [0.29, 0.717) is 0 Å². The summed E-state index contributed by atoms with van der Waals surface area (Å²) in [6.45, 7) is 4.62. The summed E-state index contributed by atoms with van der Waals surface area (Å²) < 4.78 is 0. The molecular formula is C23H25N3. The lowest BCUT2D eigenvalue weighted by atomic mass is 9.72. The molecule has 0 aliphatic heterocycles. The Kier molecular flexibility index (Phi) is 3.52. The van der Waals surface area contributed by atoms with Crippen molar-refractivity contribution in [2.75, 3.05) is 17.2 Å². The summed E-state index contributed by atoms with van der Waals surface area (Å²) in [5.41, 5.74) is 25.3. The number of anilines is 3. The molecule has 3 aromatic carbocycles. The summed E-state index contributed by atoms with van der Waals surface area (Å²) in [6, 6.07) is 22.8. The lowest BCUT2D eigenvalue weighted by molar-refractivity contribution is 0.450. The van der Waals surface area contributed by atoms with Crippen molar-refractivity contribution in [3.63, 3.8) is 0 Å². The van der Waals surface area contributed by atoms with Gasteiger partial charge in [-0.25, -0.2) is 0 Å². The van der Waals surface area contributed by atoms with Crippen LogP contribution in [0.3, 0.4) is 0 Å². The number of benzene rings is 3. The number of nitrogens with two attached hydrogens (primary N) is 3. The van der Waals surface area contributed by atoms with Gasteiger partial charge in [-0.1, -0.05) is 44.2 Å². The maximum Gasteiger partial charge on any atom is 0.0317 e. The van der Waals surface area contributed by atoms with Gasteiger partial charge in [0.1, 0.15) is 0 Å². The van der Waals surface area contributed by atoms with Gasteiger partial charge in [-0.2, -0.15) is 0 Å². The van der Waals surface area contributed by atoms with E-state index in [1.807, 2.05) is 30.3 Å². The molecule has 0 fully saturated rings. The third-order valence-corrected chi connectivity index (χ3v) is 6.04. The van der Waals surface area contributed by atoms with Gasteiger partial charge in [0, 0.05) is 27.9 Å². The molecule has 4 rings (SSSR count). The van der Waals surface area contributed by atoms with Crippen LogP contribution in [0.5, 0.6) is 0 Å². The van der Waals surface area contributed by atoms with Gasteiger partial charge in [0.25, 0.3) is 0 Å². The molecule has 1 aliphatic rings. The van der Waals surface area contributed by atoms with Crippen LogP contribution in [-0.4, -0.2) is 0 Å². The first kappa shape index (κ1) is 16.5. The zero-order valence-electron chi connectivity index (χ0n) is 15.3. The van der Waals surface area contributed by atoms with Crippen LogP contribution in [0.15, 0.2) is 66.7 Å². The SMILES string of the molecule is CC1(c2ccc(N)cc2)CC(C)(c2ccc(N)cc2)c2cc(N)ccc21. The number of rotatable bonds is 2. The monoisotopic (exact) mass is 343 g/mol. The molecule has 0 spiro atoms. The highest BCUT2D eigenvalue weighted by atomic mass is 14.6. The molecule has 0 radical (unpaired) electrons. The Morgan fingerprint density at radius 3 is 1.50 bits per heavy atom. The van der Waals surface area contributed by atoms with Gasteiger partial charge in [0.05, 0.1) is 0 Å². The van der Waals surface area contributed by atoms with E-state index in [1.165, 1.54) is 22.3 Å². The molecule has 2 unspecified atom stereocenters. The first-order valence-electron chi connectivity index (χ1n) is 8.95. The molecule has 3 nitrogen and oxygen atoms in total. The third kappa shape index (κ3) is 2.35. The number of nitrogen functional groups attached to an aromatic ring is 3. The highest BCUT2D eigenvalue weighted by Crippen LogP contribution is 2.56. The Bertz CT molecular complexity index is 960. The predicted octanol–water partition coefficient (Wildman–Crippen LogP) is 4.45. The molecule has 1 aliphatic carbocycles. The largest absolute Gasteiger partial charge is 0.399 e. The normalized spacial score (nSPS) is 24.4. The van der Waals surface area contributed by atoms with Crippen LogP contribution in [0.25, 0.3) is 0 Å². The predicted molar refractivity (Wildman–Crippen MR) is 110 cm³/mol. The van der Waals surface area contributed by atoms with Crippen molar-refractivity contribution in [2.45, 2.75) is 31.1 Å². The summed E-state index contributed by atoms with van der Waals surface area (Å²) in [5.74, 6) is 0. The average Bonchev–Trinajstić information content (AvgIpc) is 2.85. The van der Waals surface area contributed by atoms with E-state index in [2.05, 4.69) is 50.2 Å². The van der Waals surface area contributed by atoms with Crippen molar-refractivity contribution in [3.05, 3.63) is 89.0 Å². The van der Waals surface area contributed by atoms with Crippen LogP contribution in [0.2, 0.25) is 0 Å². The van der Waals surface area contributed by atoms with Crippen LogP contribution in [0.4, 0.5) is 17.1 Å². The smallest absolute Gasteiger partial charge is 0.0317 e. The fourth-order valence-electron chi connectivity index (χ4n) is 4.61. The van der Waals surface area contributed by atoms with E-state index >= 15 is 0 Å². The van der Waals surface area contributed by atoms with E-state index in [9.17, 15) is 0 Å². The van der Waals surface area contributed by atoms with Gasteiger partial charge in [0.2, 0.25) is 0 Å². The second-order valence-electron chi connectivity index (χ2n) is 7.89. The van der Waals surface area contributed by atoms with Crippen LogP contribution in [0, 0.1) is 0 Å². The van der Waals surface area contributed by atoms with Crippen molar-refractivity contribution >= 4 is 17.1 Å². The molecule has 0 bridgehead atoms. The second kappa shape index (κ2) is 5.53. The summed E-state index contributed by atoms with van der Waals surface area (Å²) in [5, 5.41) is 0. The van der Waals surface area contributed by atoms with Crippen LogP contribution < -0.4 is 17.2 Å². The standard InChI is InChI=1S/C23H25N3/c1-22(15-3-7-17(24)8-4-15)14-23(2,16-5-9-18(25)10-6-16)21-13-19(26)11-12-20(21)22/h3-13H,14,24-26H2,1-2H3. The van der Waals surface area contributed by atoms with Crippen molar-refractivity contribution < 1.29 is 0 Å². The van der Waals surface area contributed by atoms with Crippen LogP contribution in [-0.2, 0) is 10.8 Å². The van der Waals surface area contributed by atoms with Crippen LogP contribution >= 0.6 is 0 Å². The Morgan fingerprint density at radius 2 is 1.00 bits per heavy atom. The Hall–Kier alpha value is -2.94. The Morgan fingerprint density at radius 1 is 0.577 bits per heavy atom. The molecule has 0 heterocycles. The molecular weight excluding hydrogens is 318 g/mol. The van der Waals surface area contributed by atoms with Crippen molar-refractivity contribution in [1.29, 1.82) is 0 Å². The summed E-state index contributed by atoms with van der Waals surface area (Å²) in [6.07, 6.45) is 0.965. The lowest BCUT2D eigenvalue weighted by Gasteiger charge is -2.31. The van der Waals surface area contributed by atoms with Gasteiger partial charge in [0.15, 0.2) is 0 Å². The van der Waals surface area contributed by atoms with Crippen molar-refractivity contribution in [3.8, 4) is 0 Å². The van der Waals surface area contributed by atoms with Crippen molar-refractivity contribution in [1.82, 2.24) is 0 Å². The fraction of sp³-hybridized carbons (Fsp3) is 0.217. The van der Waals surface area contributed by atoms with Gasteiger partial charge in [-0.15, -0.1) is 0 Å². The average molecular weight is 343 g/mol. The maximum atomic E-state index is 6.16. The van der Waals surface area contributed by atoms with E-state index in [0.717, 1.165) is 23.5 Å². The number of hydrogen-bond donors (Lipinski definition) is 3. The van der Waals surface area contributed by atoms with Crippen molar-refractivity contribution in [2.24, 2.45) is 0 Å². The van der Waals surface area contributed by atoms with E-state index < -0.39 is 0 Å². The zero-order chi connectivity index (χ0) is 18.5. The van der Waals surface area contributed by atoms with E-state index in [-0.39, 0.29) is 10.8 Å². The minimum Gasteiger partial charge on any atom is -0.399 e. The third-order valence-electron chi connectivity index (χ3n) is 6.04.